The monoisotopic (exact) mass is 480 g/mol. The van der Waals surface area contributed by atoms with Crippen molar-refractivity contribution in [1.82, 2.24) is 14.5 Å². The highest BCUT2D eigenvalue weighted by Crippen LogP contribution is 2.42. The highest BCUT2D eigenvalue weighted by molar-refractivity contribution is 6.03. The molecule has 0 aliphatic carbocycles. The molecule has 0 bridgehead atoms. The normalized spacial score (nSPS) is 22.7. The van der Waals surface area contributed by atoms with Gasteiger partial charge in [0.1, 0.15) is 24.0 Å². The van der Waals surface area contributed by atoms with Crippen LogP contribution in [0.4, 0.5) is 8.78 Å². The van der Waals surface area contributed by atoms with Crippen LogP contribution in [0.5, 0.6) is 5.75 Å². The fraction of sp³-hybridized carbons (Fsp3) is 0.308. The molecule has 35 heavy (non-hydrogen) atoms. The smallest absolute Gasteiger partial charge is 0.260 e. The third-order valence-corrected chi connectivity index (χ3v) is 6.39. The van der Waals surface area contributed by atoms with Crippen molar-refractivity contribution < 1.29 is 23.5 Å². The number of aromatic nitrogens is 2. The van der Waals surface area contributed by atoms with E-state index in [1.165, 1.54) is 12.1 Å². The number of aliphatic hydroxyl groups is 1. The summed E-state index contributed by atoms with van der Waals surface area (Å²) in [5.74, 6) is -0.0876. The summed E-state index contributed by atoms with van der Waals surface area (Å²) < 4.78 is 35.6. The Morgan fingerprint density at radius 3 is 2.66 bits per heavy atom. The molecular weight excluding hydrogens is 454 g/mol. The number of imidazole rings is 1. The number of aryl methyl sites for hydroxylation is 1. The molecule has 0 spiro atoms. The van der Waals surface area contributed by atoms with Gasteiger partial charge in [0.15, 0.2) is 5.84 Å². The lowest BCUT2D eigenvalue weighted by atomic mass is 9.89. The number of methoxy groups -OCH3 is 1. The first-order chi connectivity index (χ1) is 16.8. The van der Waals surface area contributed by atoms with E-state index in [1.54, 1.807) is 18.3 Å². The molecule has 2 aliphatic heterocycles. The molecule has 2 aliphatic rings. The number of hydrogen-bond donors (Lipinski definition) is 1. The minimum absolute atomic E-state index is 0.173. The SMILES string of the molecule is COc1cc(/C=C2\C[C@@H](C)CN3C2=NO[C@]3(CO)c2cc(F)cc(F)c2)ccc1-n1cnc(C)c1. The molecule has 1 saturated heterocycles. The second kappa shape index (κ2) is 8.81. The summed E-state index contributed by atoms with van der Waals surface area (Å²) in [5, 5.41) is 14.6. The molecule has 3 aromatic rings. The van der Waals surface area contributed by atoms with Gasteiger partial charge in [0.05, 0.1) is 24.8 Å². The van der Waals surface area contributed by atoms with E-state index < -0.39 is 24.0 Å². The van der Waals surface area contributed by atoms with Gasteiger partial charge in [0, 0.05) is 24.4 Å². The topological polar surface area (TPSA) is 72.1 Å². The predicted octanol–water partition coefficient (Wildman–Crippen LogP) is 4.38. The van der Waals surface area contributed by atoms with Crippen LogP contribution >= 0.6 is 0 Å². The summed E-state index contributed by atoms with van der Waals surface area (Å²) in [6.07, 6.45) is 6.38. The van der Waals surface area contributed by atoms with E-state index in [0.29, 0.717) is 18.1 Å². The van der Waals surface area contributed by atoms with Crippen molar-refractivity contribution in [2.75, 3.05) is 20.3 Å². The second-order valence-electron chi connectivity index (χ2n) is 9.05. The van der Waals surface area contributed by atoms with Crippen LogP contribution in [0.3, 0.4) is 0 Å². The predicted molar refractivity (Wildman–Crippen MR) is 127 cm³/mol. The van der Waals surface area contributed by atoms with Gasteiger partial charge in [-0.2, -0.15) is 0 Å². The number of aliphatic hydroxyl groups excluding tert-OH is 1. The number of ether oxygens (including phenoxy) is 1. The molecule has 9 heteroatoms. The number of rotatable bonds is 5. The Labute approximate surface area is 201 Å². The van der Waals surface area contributed by atoms with Crippen LogP contribution in [0, 0.1) is 24.5 Å². The van der Waals surface area contributed by atoms with Crippen molar-refractivity contribution in [3.05, 3.63) is 83.0 Å². The number of benzene rings is 2. The molecule has 1 N–H and O–H groups in total. The summed E-state index contributed by atoms with van der Waals surface area (Å²) in [6.45, 7) is 3.99. The first-order valence-electron chi connectivity index (χ1n) is 11.3. The molecule has 2 atom stereocenters. The first-order valence-corrected chi connectivity index (χ1v) is 11.3. The van der Waals surface area contributed by atoms with Gasteiger partial charge in [-0.25, -0.2) is 13.8 Å². The Bertz CT molecular complexity index is 1320. The maximum atomic E-state index is 14.0. The fourth-order valence-corrected chi connectivity index (χ4v) is 4.77. The van der Waals surface area contributed by atoms with Gasteiger partial charge in [-0.15, -0.1) is 0 Å². The Morgan fingerprint density at radius 1 is 1.23 bits per heavy atom. The lowest BCUT2D eigenvalue weighted by Gasteiger charge is -2.41. The zero-order chi connectivity index (χ0) is 24.7. The lowest BCUT2D eigenvalue weighted by Crippen LogP contribution is -2.53. The van der Waals surface area contributed by atoms with E-state index in [0.717, 1.165) is 35.0 Å². The average molecular weight is 481 g/mol. The van der Waals surface area contributed by atoms with Crippen molar-refractivity contribution in [3.63, 3.8) is 0 Å². The maximum Gasteiger partial charge on any atom is 0.260 e. The number of fused-ring (bicyclic) bond motifs is 1. The van der Waals surface area contributed by atoms with Crippen molar-refractivity contribution >= 4 is 11.9 Å². The van der Waals surface area contributed by atoms with Gasteiger partial charge in [0.25, 0.3) is 5.72 Å². The summed E-state index contributed by atoms with van der Waals surface area (Å²) >= 11 is 0. The van der Waals surface area contributed by atoms with E-state index in [9.17, 15) is 13.9 Å². The molecule has 0 radical (unpaired) electrons. The average Bonchev–Trinajstić information content (AvgIpc) is 3.42. The third-order valence-electron chi connectivity index (χ3n) is 6.39. The van der Waals surface area contributed by atoms with Gasteiger partial charge in [-0.1, -0.05) is 18.1 Å². The molecule has 1 fully saturated rings. The van der Waals surface area contributed by atoms with E-state index in [-0.39, 0.29) is 11.5 Å². The van der Waals surface area contributed by atoms with Crippen molar-refractivity contribution in [1.29, 1.82) is 0 Å². The molecule has 7 nitrogen and oxygen atoms in total. The van der Waals surface area contributed by atoms with Gasteiger partial charge in [-0.05, 0) is 60.7 Å². The third kappa shape index (κ3) is 4.05. The number of amidine groups is 1. The van der Waals surface area contributed by atoms with Gasteiger partial charge >= 0.3 is 0 Å². The molecule has 1 aromatic heterocycles. The molecule has 3 heterocycles. The molecule has 2 aromatic carbocycles. The highest BCUT2D eigenvalue weighted by Gasteiger charge is 2.50. The summed E-state index contributed by atoms with van der Waals surface area (Å²) in [4.78, 5) is 11.8. The highest BCUT2D eigenvalue weighted by atomic mass is 19.1. The van der Waals surface area contributed by atoms with Gasteiger partial charge in [-0.3, -0.25) is 0 Å². The van der Waals surface area contributed by atoms with Crippen molar-refractivity contribution in [3.8, 4) is 11.4 Å². The number of halogens is 2. The van der Waals surface area contributed by atoms with E-state index in [2.05, 4.69) is 17.1 Å². The maximum absolute atomic E-state index is 14.0. The van der Waals surface area contributed by atoms with Gasteiger partial charge in [0.2, 0.25) is 0 Å². The van der Waals surface area contributed by atoms with Crippen LogP contribution in [0.2, 0.25) is 0 Å². The van der Waals surface area contributed by atoms with Crippen LogP contribution in [0.25, 0.3) is 11.8 Å². The molecule has 0 saturated carbocycles. The van der Waals surface area contributed by atoms with E-state index in [4.69, 9.17) is 9.57 Å². The number of oxime groups is 1. The quantitative estimate of drug-likeness (QED) is 0.587. The summed E-state index contributed by atoms with van der Waals surface area (Å²) in [5.41, 5.74) is 2.23. The first kappa shape index (κ1) is 23.0. The molecule has 0 amide bonds. The number of hydrogen-bond acceptors (Lipinski definition) is 6. The lowest BCUT2D eigenvalue weighted by molar-refractivity contribution is -0.140. The minimum Gasteiger partial charge on any atom is -0.495 e. The van der Waals surface area contributed by atoms with Crippen LogP contribution in [-0.2, 0) is 10.6 Å². The largest absolute Gasteiger partial charge is 0.495 e. The molecule has 182 valence electrons. The molecule has 0 unspecified atom stereocenters. The minimum atomic E-state index is -1.49. The molecule has 5 rings (SSSR count). The van der Waals surface area contributed by atoms with E-state index >= 15 is 0 Å². The van der Waals surface area contributed by atoms with Crippen LogP contribution in [-0.4, -0.2) is 45.7 Å². The van der Waals surface area contributed by atoms with Gasteiger partial charge < -0.3 is 24.1 Å². The Kier molecular flexibility index (Phi) is 5.80. The van der Waals surface area contributed by atoms with Crippen LogP contribution in [0.15, 0.2) is 59.7 Å². The molecular formula is C26H26F2N4O3. The zero-order valence-corrected chi connectivity index (χ0v) is 19.7. The fourth-order valence-electron chi connectivity index (χ4n) is 4.77. The second-order valence-corrected chi connectivity index (χ2v) is 9.05. The van der Waals surface area contributed by atoms with Crippen molar-refractivity contribution in [2.45, 2.75) is 26.0 Å². The standard InChI is InChI=1S/C26H26F2N4O3/c1-16-6-19(7-18-4-5-23(24(8-18)34-3)31-13-17(2)29-15-31)25-30-35-26(14-33,32(25)12-16)20-9-21(27)11-22(28)10-20/h4-5,7-11,13,15-16,33H,6,12,14H2,1-3H3/b19-7+/t16-,26-/m1/s1. The van der Waals surface area contributed by atoms with E-state index in [1.807, 2.05) is 42.0 Å². The Hall–Kier alpha value is -3.72. The Morgan fingerprint density at radius 2 is 2.00 bits per heavy atom. The van der Waals surface area contributed by atoms with Crippen LogP contribution < -0.4 is 4.74 Å². The van der Waals surface area contributed by atoms with Crippen LogP contribution in [0.1, 0.15) is 30.2 Å². The zero-order valence-electron chi connectivity index (χ0n) is 19.7. The summed E-state index contributed by atoms with van der Waals surface area (Å²) in [7, 11) is 1.62. The number of nitrogens with zero attached hydrogens (tertiary/aromatic N) is 4. The van der Waals surface area contributed by atoms with Crippen molar-refractivity contribution in [2.24, 2.45) is 11.1 Å². The number of piperidine rings is 1. The Balaban J connectivity index is 1.51. The summed E-state index contributed by atoms with van der Waals surface area (Å²) in [6, 6.07) is 8.98.